The van der Waals surface area contributed by atoms with Gasteiger partial charge in [-0.25, -0.2) is 9.18 Å². The molecule has 4 nitrogen and oxygen atoms in total. The second kappa shape index (κ2) is 6.79. The van der Waals surface area contributed by atoms with Crippen molar-refractivity contribution in [2.75, 3.05) is 5.32 Å². The van der Waals surface area contributed by atoms with Crippen molar-refractivity contribution in [2.24, 2.45) is 0 Å². The summed E-state index contributed by atoms with van der Waals surface area (Å²) in [4.78, 5) is 25.1. The summed E-state index contributed by atoms with van der Waals surface area (Å²) in [5, 5.41) is 13.1. The first-order valence-corrected chi connectivity index (χ1v) is 9.34. The standard InChI is InChI=1S/C20H13ClFNO3S/c21-12-5-1-11(2-6-12)16-17-18(27-19(16)20(25)26)14(9-15(24)23-17)10-3-7-13(22)8-4-10/h1-8,14H,9H2,(H,23,24)(H,25,26)/t14-/m1/s1. The zero-order chi connectivity index (χ0) is 19.1. The van der Waals surface area contributed by atoms with Gasteiger partial charge in [0.05, 0.1) is 5.69 Å². The Morgan fingerprint density at radius 3 is 2.44 bits per heavy atom. The lowest BCUT2D eigenvalue weighted by Gasteiger charge is -2.23. The minimum absolute atomic E-state index is 0.150. The Morgan fingerprint density at radius 2 is 1.81 bits per heavy atom. The molecule has 2 aromatic carbocycles. The highest BCUT2D eigenvalue weighted by Gasteiger charge is 2.34. The van der Waals surface area contributed by atoms with Gasteiger partial charge in [0.25, 0.3) is 0 Å². The predicted molar refractivity (Wildman–Crippen MR) is 103 cm³/mol. The monoisotopic (exact) mass is 401 g/mol. The third-order valence-electron chi connectivity index (χ3n) is 4.51. The number of amides is 1. The molecular weight excluding hydrogens is 389 g/mol. The van der Waals surface area contributed by atoms with Gasteiger partial charge in [-0.1, -0.05) is 35.9 Å². The molecular formula is C20H13ClFNO3S. The number of carboxylic acids is 1. The van der Waals surface area contributed by atoms with Gasteiger partial charge in [0.1, 0.15) is 10.7 Å². The Hall–Kier alpha value is -2.70. The van der Waals surface area contributed by atoms with Crippen molar-refractivity contribution >= 4 is 40.5 Å². The summed E-state index contributed by atoms with van der Waals surface area (Å²) in [6.45, 7) is 0. The Balaban J connectivity index is 1.92. The van der Waals surface area contributed by atoms with Crippen LogP contribution >= 0.6 is 22.9 Å². The highest BCUT2D eigenvalue weighted by Crippen LogP contribution is 2.49. The molecule has 0 spiro atoms. The SMILES string of the molecule is O=C1C[C@H](c2ccc(F)cc2)c2sc(C(=O)O)c(-c3ccc(Cl)cc3)c2N1. The number of fused-ring (bicyclic) bond motifs is 1. The van der Waals surface area contributed by atoms with Crippen molar-refractivity contribution < 1.29 is 19.1 Å². The van der Waals surface area contributed by atoms with Crippen LogP contribution in [0.1, 0.15) is 32.5 Å². The third-order valence-corrected chi connectivity index (χ3v) is 6.05. The second-order valence-corrected chi connectivity index (χ2v) is 7.70. The van der Waals surface area contributed by atoms with Crippen molar-refractivity contribution in [3.8, 4) is 11.1 Å². The van der Waals surface area contributed by atoms with Crippen molar-refractivity contribution in [2.45, 2.75) is 12.3 Å². The van der Waals surface area contributed by atoms with E-state index in [1.807, 2.05) is 0 Å². The van der Waals surface area contributed by atoms with E-state index in [1.54, 1.807) is 36.4 Å². The van der Waals surface area contributed by atoms with Crippen LogP contribution in [-0.4, -0.2) is 17.0 Å². The molecule has 2 heterocycles. The van der Waals surface area contributed by atoms with E-state index in [-0.39, 0.29) is 28.9 Å². The van der Waals surface area contributed by atoms with Crippen LogP contribution < -0.4 is 5.32 Å². The topological polar surface area (TPSA) is 66.4 Å². The van der Waals surface area contributed by atoms with E-state index >= 15 is 0 Å². The third kappa shape index (κ3) is 3.22. The van der Waals surface area contributed by atoms with Crippen LogP contribution in [-0.2, 0) is 4.79 Å². The summed E-state index contributed by atoms with van der Waals surface area (Å²) in [5.74, 6) is -1.95. The van der Waals surface area contributed by atoms with Gasteiger partial charge in [0.2, 0.25) is 5.91 Å². The Labute approximate surface area is 163 Å². The van der Waals surface area contributed by atoms with Gasteiger partial charge in [-0.3, -0.25) is 4.79 Å². The molecule has 0 radical (unpaired) electrons. The number of rotatable bonds is 3. The van der Waals surface area contributed by atoms with Crippen molar-refractivity contribution in [3.63, 3.8) is 0 Å². The summed E-state index contributed by atoms with van der Waals surface area (Å²) >= 11 is 7.08. The predicted octanol–water partition coefficient (Wildman–Crippen LogP) is 5.38. The Bertz CT molecular complexity index is 1040. The van der Waals surface area contributed by atoms with Gasteiger partial charge >= 0.3 is 5.97 Å². The summed E-state index contributed by atoms with van der Waals surface area (Å²) in [6, 6.07) is 12.7. The molecule has 136 valence electrons. The molecule has 0 aliphatic carbocycles. The average molecular weight is 402 g/mol. The first-order chi connectivity index (χ1) is 12.9. The van der Waals surface area contributed by atoms with E-state index in [1.165, 1.54) is 12.1 Å². The molecule has 3 aromatic rings. The number of nitrogens with one attached hydrogen (secondary N) is 1. The molecule has 4 rings (SSSR count). The lowest BCUT2D eigenvalue weighted by atomic mass is 9.88. The normalized spacial score (nSPS) is 15.9. The van der Waals surface area contributed by atoms with E-state index in [9.17, 15) is 19.1 Å². The molecule has 7 heteroatoms. The lowest BCUT2D eigenvalue weighted by molar-refractivity contribution is -0.116. The fraction of sp³-hybridized carbons (Fsp3) is 0.100. The van der Waals surface area contributed by atoms with Crippen LogP contribution in [0.15, 0.2) is 48.5 Å². The molecule has 1 amide bonds. The number of hydrogen-bond donors (Lipinski definition) is 2. The van der Waals surface area contributed by atoms with E-state index in [0.29, 0.717) is 21.8 Å². The molecule has 27 heavy (non-hydrogen) atoms. The number of carboxylic acid groups (broad SMARTS) is 1. The zero-order valence-electron chi connectivity index (χ0n) is 13.8. The fourth-order valence-electron chi connectivity index (χ4n) is 3.29. The molecule has 0 saturated carbocycles. The number of carbonyl (C=O) groups excluding carboxylic acids is 1. The quantitative estimate of drug-likeness (QED) is 0.619. The molecule has 0 bridgehead atoms. The smallest absolute Gasteiger partial charge is 0.346 e. The van der Waals surface area contributed by atoms with Crippen molar-refractivity contribution in [1.29, 1.82) is 0 Å². The Morgan fingerprint density at radius 1 is 1.15 bits per heavy atom. The number of aromatic carboxylic acids is 1. The lowest BCUT2D eigenvalue weighted by Crippen LogP contribution is -2.22. The summed E-state index contributed by atoms with van der Waals surface area (Å²) < 4.78 is 13.3. The molecule has 0 fully saturated rings. The van der Waals surface area contributed by atoms with Crippen molar-refractivity contribution in [3.05, 3.63) is 74.7 Å². The van der Waals surface area contributed by atoms with Gasteiger partial charge in [0.15, 0.2) is 0 Å². The number of benzene rings is 2. The molecule has 1 atom stereocenters. The van der Waals surface area contributed by atoms with Gasteiger partial charge in [-0.15, -0.1) is 11.3 Å². The molecule has 1 aromatic heterocycles. The number of hydrogen-bond acceptors (Lipinski definition) is 3. The number of halogens is 2. The molecule has 2 N–H and O–H groups in total. The summed E-state index contributed by atoms with van der Waals surface area (Å²) in [5.41, 5.74) is 2.41. The summed E-state index contributed by atoms with van der Waals surface area (Å²) in [7, 11) is 0. The zero-order valence-corrected chi connectivity index (χ0v) is 15.4. The maximum absolute atomic E-state index is 13.3. The number of carbonyl (C=O) groups is 2. The van der Waals surface area contributed by atoms with Crippen LogP contribution in [0, 0.1) is 5.82 Å². The maximum atomic E-state index is 13.3. The number of anilines is 1. The first kappa shape index (κ1) is 17.7. The maximum Gasteiger partial charge on any atom is 0.346 e. The van der Waals surface area contributed by atoms with E-state index < -0.39 is 5.97 Å². The second-order valence-electron chi connectivity index (χ2n) is 6.21. The van der Waals surface area contributed by atoms with Gasteiger partial charge in [-0.05, 0) is 35.4 Å². The highest BCUT2D eigenvalue weighted by molar-refractivity contribution is 7.15. The molecule has 1 aliphatic rings. The van der Waals surface area contributed by atoms with E-state index in [2.05, 4.69) is 5.32 Å². The van der Waals surface area contributed by atoms with E-state index in [4.69, 9.17) is 11.6 Å². The molecule has 1 aliphatic heterocycles. The van der Waals surface area contributed by atoms with Crippen LogP contribution in [0.5, 0.6) is 0 Å². The summed E-state index contributed by atoms with van der Waals surface area (Å²) in [6.07, 6.45) is 0.179. The largest absolute Gasteiger partial charge is 0.477 e. The average Bonchev–Trinajstić information content (AvgIpc) is 3.02. The fourth-order valence-corrected chi connectivity index (χ4v) is 4.67. The van der Waals surface area contributed by atoms with Gasteiger partial charge < -0.3 is 10.4 Å². The van der Waals surface area contributed by atoms with E-state index in [0.717, 1.165) is 21.8 Å². The molecule has 0 unspecified atom stereocenters. The van der Waals surface area contributed by atoms with Crippen LogP contribution in [0.4, 0.5) is 10.1 Å². The van der Waals surface area contributed by atoms with Crippen LogP contribution in [0.25, 0.3) is 11.1 Å². The van der Waals surface area contributed by atoms with Crippen molar-refractivity contribution in [1.82, 2.24) is 0 Å². The van der Waals surface area contributed by atoms with Crippen LogP contribution in [0.3, 0.4) is 0 Å². The van der Waals surface area contributed by atoms with Crippen LogP contribution in [0.2, 0.25) is 5.02 Å². The van der Waals surface area contributed by atoms with Gasteiger partial charge in [0, 0.05) is 27.8 Å². The highest BCUT2D eigenvalue weighted by atomic mass is 35.5. The number of thiophene rings is 1. The Kier molecular flexibility index (Phi) is 4.45. The molecule has 0 saturated heterocycles. The van der Waals surface area contributed by atoms with Gasteiger partial charge in [-0.2, -0.15) is 0 Å². The first-order valence-electron chi connectivity index (χ1n) is 8.15. The minimum atomic E-state index is -1.06. The minimum Gasteiger partial charge on any atom is -0.477 e.